The lowest BCUT2D eigenvalue weighted by Crippen LogP contribution is -2.05. The van der Waals surface area contributed by atoms with Crippen LogP contribution < -0.4 is 0 Å². The highest BCUT2D eigenvalue weighted by molar-refractivity contribution is 6.35. The van der Waals surface area contributed by atoms with Gasteiger partial charge in [-0.05, 0) is 24.6 Å². The number of aliphatic hydroxyl groups excluding tert-OH is 1. The van der Waals surface area contributed by atoms with E-state index in [2.05, 4.69) is 10.3 Å². The lowest BCUT2D eigenvalue weighted by Gasteiger charge is -2.06. The molecule has 0 radical (unpaired) electrons. The van der Waals surface area contributed by atoms with Gasteiger partial charge < -0.3 is 5.11 Å². The summed E-state index contributed by atoms with van der Waals surface area (Å²) < 4.78 is 1.70. The number of rotatable bonds is 3. The van der Waals surface area contributed by atoms with E-state index in [1.165, 1.54) is 0 Å². The number of nitrogens with zero attached hydrogens (tertiary/aromatic N) is 3. The van der Waals surface area contributed by atoms with Gasteiger partial charge in [0, 0.05) is 10.0 Å². The Morgan fingerprint density at radius 3 is 2.71 bits per heavy atom. The van der Waals surface area contributed by atoms with Gasteiger partial charge in [0.2, 0.25) is 0 Å². The minimum Gasteiger partial charge on any atom is -0.390 e. The molecule has 90 valence electrons. The van der Waals surface area contributed by atoms with Gasteiger partial charge in [-0.15, -0.1) is 5.10 Å². The first kappa shape index (κ1) is 12.4. The van der Waals surface area contributed by atoms with Crippen LogP contribution in [0.25, 0.3) is 0 Å². The Morgan fingerprint density at radius 1 is 1.35 bits per heavy atom. The third-order valence-electron chi connectivity index (χ3n) is 2.56. The van der Waals surface area contributed by atoms with Crippen LogP contribution in [-0.2, 0) is 13.2 Å². The van der Waals surface area contributed by atoms with Gasteiger partial charge in [0.1, 0.15) is 5.69 Å². The minimum atomic E-state index is -0.111. The van der Waals surface area contributed by atoms with Crippen molar-refractivity contribution in [2.75, 3.05) is 0 Å². The van der Waals surface area contributed by atoms with E-state index in [4.69, 9.17) is 28.3 Å². The molecule has 17 heavy (non-hydrogen) atoms. The zero-order valence-corrected chi connectivity index (χ0v) is 10.7. The number of aliphatic hydroxyl groups is 1. The van der Waals surface area contributed by atoms with Gasteiger partial charge in [-0.2, -0.15) is 0 Å². The molecule has 0 aliphatic carbocycles. The second-order valence-corrected chi connectivity index (χ2v) is 4.52. The number of hydrogen-bond acceptors (Lipinski definition) is 3. The van der Waals surface area contributed by atoms with Crippen molar-refractivity contribution in [3.05, 3.63) is 45.2 Å². The van der Waals surface area contributed by atoms with Crippen molar-refractivity contribution in [1.82, 2.24) is 15.0 Å². The predicted molar refractivity (Wildman–Crippen MR) is 66.2 cm³/mol. The molecule has 0 aliphatic rings. The zero-order chi connectivity index (χ0) is 12.4. The third-order valence-corrected chi connectivity index (χ3v) is 3.15. The van der Waals surface area contributed by atoms with E-state index >= 15 is 0 Å². The van der Waals surface area contributed by atoms with Crippen LogP contribution in [0.1, 0.15) is 17.0 Å². The number of halogens is 2. The lowest BCUT2D eigenvalue weighted by molar-refractivity contribution is 0.276. The zero-order valence-electron chi connectivity index (χ0n) is 9.19. The van der Waals surface area contributed by atoms with Gasteiger partial charge in [-0.3, -0.25) is 0 Å². The molecule has 1 N–H and O–H groups in total. The first-order valence-electron chi connectivity index (χ1n) is 5.05. The molecule has 1 aromatic heterocycles. The van der Waals surface area contributed by atoms with Crippen LogP contribution in [0.3, 0.4) is 0 Å². The molecule has 0 spiro atoms. The molecule has 1 heterocycles. The van der Waals surface area contributed by atoms with Gasteiger partial charge in [0.05, 0.1) is 18.8 Å². The fraction of sp³-hybridized carbons (Fsp3) is 0.273. The van der Waals surface area contributed by atoms with Crippen molar-refractivity contribution in [1.29, 1.82) is 0 Å². The molecule has 0 unspecified atom stereocenters. The van der Waals surface area contributed by atoms with Crippen LogP contribution in [0.4, 0.5) is 0 Å². The Bertz CT molecular complexity index is 540. The molecule has 6 heteroatoms. The summed E-state index contributed by atoms with van der Waals surface area (Å²) in [6.07, 6.45) is 0. The molecule has 2 rings (SSSR count). The monoisotopic (exact) mass is 271 g/mol. The van der Waals surface area contributed by atoms with E-state index in [-0.39, 0.29) is 6.61 Å². The fourth-order valence-corrected chi connectivity index (χ4v) is 1.97. The summed E-state index contributed by atoms with van der Waals surface area (Å²) in [7, 11) is 0. The standard InChI is InChI=1S/C11H11Cl2N3O/c1-7-11(6-17)14-15-16(7)5-8-2-3-9(12)4-10(8)13/h2-4,17H,5-6H2,1H3. The van der Waals surface area contributed by atoms with E-state index in [9.17, 15) is 0 Å². The summed E-state index contributed by atoms with van der Waals surface area (Å²) in [5.41, 5.74) is 2.32. The van der Waals surface area contributed by atoms with Crippen LogP contribution in [0.2, 0.25) is 10.0 Å². The second-order valence-electron chi connectivity index (χ2n) is 3.67. The Morgan fingerprint density at radius 2 is 2.12 bits per heavy atom. The normalized spacial score (nSPS) is 10.8. The van der Waals surface area contributed by atoms with Crippen LogP contribution in [0, 0.1) is 6.92 Å². The van der Waals surface area contributed by atoms with Crippen molar-refractivity contribution >= 4 is 23.2 Å². The minimum absolute atomic E-state index is 0.111. The van der Waals surface area contributed by atoms with E-state index in [0.29, 0.717) is 22.3 Å². The highest BCUT2D eigenvalue weighted by atomic mass is 35.5. The first-order valence-corrected chi connectivity index (χ1v) is 5.81. The van der Waals surface area contributed by atoms with E-state index in [1.807, 2.05) is 13.0 Å². The topological polar surface area (TPSA) is 50.9 Å². The molecule has 4 nitrogen and oxygen atoms in total. The summed E-state index contributed by atoms with van der Waals surface area (Å²) >= 11 is 11.9. The summed E-state index contributed by atoms with van der Waals surface area (Å²) in [4.78, 5) is 0. The SMILES string of the molecule is Cc1c(CO)nnn1Cc1ccc(Cl)cc1Cl. The van der Waals surface area contributed by atoms with Crippen LogP contribution in [0.15, 0.2) is 18.2 Å². The molecule has 0 aliphatic heterocycles. The quantitative estimate of drug-likeness (QED) is 0.933. The van der Waals surface area contributed by atoms with Crippen molar-refractivity contribution in [2.24, 2.45) is 0 Å². The maximum atomic E-state index is 9.03. The van der Waals surface area contributed by atoms with E-state index in [0.717, 1.165) is 11.3 Å². The van der Waals surface area contributed by atoms with Crippen LogP contribution in [-0.4, -0.2) is 20.1 Å². The van der Waals surface area contributed by atoms with Crippen molar-refractivity contribution in [3.8, 4) is 0 Å². The van der Waals surface area contributed by atoms with Crippen molar-refractivity contribution < 1.29 is 5.11 Å². The Hall–Kier alpha value is -1.10. The summed E-state index contributed by atoms with van der Waals surface area (Å²) in [5, 5.41) is 18.1. The largest absolute Gasteiger partial charge is 0.390 e. The lowest BCUT2D eigenvalue weighted by atomic mass is 10.2. The van der Waals surface area contributed by atoms with E-state index in [1.54, 1.807) is 16.8 Å². The highest BCUT2D eigenvalue weighted by Gasteiger charge is 2.09. The third kappa shape index (κ3) is 2.60. The Labute approximate surface area is 109 Å². The van der Waals surface area contributed by atoms with Crippen LogP contribution in [0.5, 0.6) is 0 Å². The molecule has 2 aromatic rings. The Kier molecular flexibility index (Phi) is 3.66. The number of aromatic nitrogens is 3. The van der Waals surface area contributed by atoms with E-state index < -0.39 is 0 Å². The molecule has 0 saturated carbocycles. The van der Waals surface area contributed by atoms with Crippen molar-refractivity contribution in [3.63, 3.8) is 0 Å². The summed E-state index contributed by atoms with van der Waals surface area (Å²) in [6.45, 7) is 2.25. The van der Waals surface area contributed by atoms with Gasteiger partial charge in [-0.25, -0.2) is 4.68 Å². The predicted octanol–water partition coefficient (Wildman–Crippen LogP) is 2.43. The number of hydrogen-bond donors (Lipinski definition) is 1. The average Bonchev–Trinajstić information content (AvgIpc) is 2.64. The molecule has 0 saturated heterocycles. The van der Waals surface area contributed by atoms with Gasteiger partial charge in [0.25, 0.3) is 0 Å². The summed E-state index contributed by atoms with van der Waals surface area (Å²) in [5.74, 6) is 0. The second kappa shape index (κ2) is 5.04. The Balaban J connectivity index is 2.28. The maximum Gasteiger partial charge on any atom is 0.111 e. The first-order chi connectivity index (χ1) is 8.11. The molecule has 0 fully saturated rings. The maximum absolute atomic E-state index is 9.03. The summed E-state index contributed by atoms with van der Waals surface area (Å²) in [6, 6.07) is 5.32. The molecule has 0 atom stereocenters. The highest BCUT2D eigenvalue weighted by Crippen LogP contribution is 2.22. The molecular weight excluding hydrogens is 261 g/mol. The van der Waals surface area contributed by atoms with Crippen molar-refractivity contribution in [2.45, 2.75) is 20.1 Å². The van der Waals surface area contributed by atoms with Gasteiger partial charge in [0.15, 0.2) is 0 Å². The molecule has 0 amide bonds. The average molecular weight is 272 g/mol. The van der Waals surface area contributed by atoms with Gasteiger partial charge in [-0.1, -0.05) is 34.5 Å². The van der Waals surface area contributed by atoms with Crippen LogP contribution >= 0.6 is 23.2 Å². The smallest absolute Gasteiger partial charge is 0.111 e. The fourth-order valence-electron chi connectivity index (χ4n) is 1.50. The number of benzene rings is 1. The molecular formula is C11H11Cl2N3O. The molecule has 1 aromatic carbocycles. The molecule has 0 bridgehead atoms. The van der Waals surface area contributed by atoms with Gasteiger partial charge >= 0.3 is 0 Å².